The van der Waals surface area contributed by atoms with Crippen molar-refractivity contribution in [2.45, 2.75) is 24.8 Å². The summed E-state index contributed by atoms with van der Waals surface area (Å²) in [6.07, 6.45) is 1.15. The Kier molecular flexibility index (Phi) is 5.21. The second kappa shape index (κ2) is 6.45. The molecule has 0 saturated carbocycles. The van der Waals surface area contributed by atoms with Gasteiger partial charge < -0.3 is 10.7 Å². The summed E-state index contributed by atoms with van der Waals surface area (Å²) in [6, 6.07) is 1.90. The van der Waals surface area contributed by atoms with Crippen LogP contribution in [0, 0.1) is 0 Å². The Labute approximate surface area is 111 Å². The molecule has 8 nitrogen and oxygen atoms in total. The molecule has 0 aliphatic rings. The number of carbonyl (C=O) groups excluding carboxylic acids is 1. The van der Waals surface area contributed by atoms with Gasteiger partial charge in [0.25, 0.3) is 0 Å². The van der Waals surface area contributed by atoms with Gasteiger partial charge in [0.1, 0.15) is 10.7 Å². The van der Waals surface area contributed by atoms with Crippen molar-refractivity contribution in [1.29, 1.82) is 0 Å². The summed E-state index contributed by atoms with van der Waals surface area (Å²) >= 11 is 0. The van der Waals surface area contributed by atoms with E-state index < -0.39 is 16.1 Å². The van der Waals surface area contributed by atoms with Crippen molar-refractivity contribution in [3.05, 3.63) is 18.3 Å². The van der Waals surface area contributed by atoms with Crippen molar-refractivity contribution < 1.29 is 13.2 Å². The second-order valence-corrected chi connectivity index (χ2v) is 5.48. The molecule has 1 aromatic heterocycles. The van der Waals surface area contributed by atoms with Crippen LogP contribution in [0.2, 0.25) is 0 Å². The first-order chi connectivity index (χ1) is 8.90. The number of nitrogens with zero attached hydrogens (tertiary/aromatic N) is 1. The lowest BCUT2D eigenvalue weighted by atomic mass is 10.3. The molecule has 9 heteroatoms. The van der Waals surface area contributed by atoms with Crippen LogP contribution in [0.4, 0.5) is 5.82 Å². The third-order valence-corrected chi connectivity index (χ3v) is 3.80. The summed E-state index contributed by atoms with van der Waals surface area (Å²) in [5, 5.41) is 2.53. The molecule has 0 aliphatic heterocycles. The van der Waals surface area contributed by atoms with Gasteiger partial charge in [-0.3, -0.25) is 4.79 Å². The molecular weight excluding hydrogens is 270 g/mol. The van der Waals surface area contributed by atoms with E-state index in [0.717, 1.165) is 6.20 Å². The van der Waals surface area contributed by atoms with Crippen molar-refractivity contribution in [1.82, 2.24) is 15.0 Å². The molecular formula is C10H17N5O3S. The molecule has 19 heavy (non-hydrogen) atoms. The van der Waals surface area contributed by atoms with Gasteiger partial charge in [0, 0.05) is 12.7 Å². The van der Waals surface area contributed by atoms with Gasteiger partial charge in [-0.15, -0.1) is 0 Å². The van der Waals surface area contributed by atoms with Gasteiger partial charge >= 0.3 is 0 Å². The summed E-state index contributed by atoms with van der Waals surface area (Å²) in [5.74, 6) is 5.09. The lowest BCUT2D eigenvalue weighted by molar-refractivity contribution is -0.122. The van der Waals surface area contributed by atoms with Crippen LogP contribution in [0.1, 0.15) is 13.8 Å². The highest BCUT2D eigenvalue weighted by atomic mass is 32.2. The molecule has 0 spiro atoms. The monoisotopic (exact) mass is 287 g/mol. The molecule has 0 aromatic carbocycles. The van der Waals surface area contributed by atoms with Gasteiger partial charge in [-0.2, -0.15) is 4.72 Å². The third-order valence-electron chi connectivity index (χ3n) is 2.27. The van der Waals surface area contributed by atoms with Gasteiger partial charge in [-0.1, -0.05) is 0 Å². The van der Waals surface area contributed by atoms with Crippen molar-refractivity contribution >= 4 is 21.7 Å². The first kappa shape index (κ1) is 15.3. The number of rotatable bonds is 6. The molecule has 0 bridgehead atoms. The standard InChI is InChI=1S/C10H17N5O3S/c1-3-12-10(16)7(2)15-19(17,18)8-4-5-9(14-11)13-6-8/h4-7,15H,3,11H2,1-2H3,(H,12,16)(H,13,14). The average Bonchev–Trinajstić information content (AvgIpc) is 2.38. The summed E-state index contributed by atoms with van der Waals surface area (Å²) < 4.78 is 26.2. The van der Waals surface area contributed by atoms with E-state index in [1.54, 1.807) is 6.92 Å². The molecule has 0 aliphatic carbocycles. The van der Waals surface area contributed by atoms with Crippen LogP contribution >= 0.6 is 0 Å². The van der Waals surface area contributed by atoms with Gasteiger partial charge in [0.15, 0.2) is 0 Å². The van der Waals surface area contributed by atoms with Crippen molar-refractivity contribution in [3.8, 4) is 0 Å². The van der Waals surface area contributed by atoms with Crippen LogP contribution in [-0.4, -0.2) is 31.9 Å². The Balaban J connectivity index is 2.82. The number of amides is 1. The topological polar surface area (TPSA) is 126 Å². The maximum absolute atomic E-state index is 12.0. The van der Waals surface area contributed by atoms with Crippen molar-refractivity contribution in [2.75, 3.05) is 12.0 Å². The van der Waals surface area contributed by atoms with Crippen LogP contribution in [0.25, 0.3) is 0 Å². The minimum absolute atomic E-state index is 0.0392. The number of nitrogens with one attached hydrogen (secondary N) is 3. The average molecular weight is 287 g/mol. The number of likely N-dealkylation sites (N-methyl/N-ethyl adjacent to an activating group) is 1. The SMILES string of the molecule is CCNC(=O)C(C)NS(=O)(=O)c1ccc(NN)nc1. The number of hydrazine groups is 1. The van der Waals surface area contributed by atoms with Crippen LogP contribution in [0.5, 0.6) is 0 Å². The quantitative estimate of drug-likeness (QED) is 0.399. The molecule has 1 amide bonds. The highest BCUT2D eigenvalue weighted by molar-refractivity contribution is 7.89. The van der Waals surface area contributed by atoms with E-state index in [-0.39, 0.29) is 10.8 Å². The van der Waals surface area contributed by atoms with E-state index in [1.807, 2.05) is 0 Å². The van der Waals surface area contributed by atoms with Crippen LogP contribution in [0.15, 0.2) is 23.2 Å². The largest absolute Gasteiger partial charge is 0.355 e. The molecule has 1 heterocycles. The zero-order valence-corrected chi connectivity index (χ0v) is 11.5. The number of sulfonamides is 1. The van der Waals surface area contributed by atoms with E-state index in [9.17, 15) is 13.2 Å². The number of hydrogen-bond donors (Lipinski definition) is 4. The molecule has 106 valence electrons. The predicted octanol–water partition coefficient (Wildman–Crippen LogP) is -0.830. The normalized spacial score (nSPS) is 12.8. The maximum Gasteiger partial charge on any atom is 0.242 e. The fraction of sp³-hybridized carbons (Fsp3) is 0.400. The molecule has 0 fully saturated rings. The van der Waals surface area contributed by atoms with Crippen LogP contribution < -0.4 is 21.3 Å². The first-order valence-electron chi connectivity index (χ1n) is 5.63. The van der Waals surface area contributed by atoms with Gasteiger partial charge in [-0.05, 0) is 26.0 Å². The lowest BCUT2D eigenvalue weighted by Crippen LogP contribution is -2.44. The van der Waals surface area contributed by atoms with Gasteiger partial charge in [0.05, 0.1) is 6.04 Å². The Morgan fingerprint density at radius 3 is 2.63 bits per heavy atom. The van der Waals surface area contributed by atoms with Gasteiger partial charge in [0.2, 0.25) is 15.9 Å². The van der Waals surface area contributed by atoms with E-state index in [2.05, 4.69) is 20.4 Å². The first-order valence-corrected chi connectivity index (χ1v) is 7.11. The fourth-order valence-corrected chi connectivity index (χ4v) is 2.45. The Hall–Kier alpha value is -1.71. The summed E-state index contributed by atoms with van der Waals surface area (Å²) in [4.78, 5) is 15.2. The molecule has 1 rings (SSSR count). The number of hydrogen-bond acceptors (Lipinski definition) is 6. The number of pyridine rings is 1. The van der Waals surface area contributed by atoms with Crippen LogP contribution in [0.3, 0.4) is 0 Å². The number of carbonyl (C=O) groups is 1. The third kappa shape index (κ3) is 4.16. The number of aromatic nitrogens is 1. The molecule has 1 atom stereocenters. The number of nitrogen functional groups attached to an aromatic ring is 1. The van der Waals surface area contributed by atoms with E-state index in [1.165, 1.54) is 19.1 Å². The fourth-order valence-electron chi connectivity index (χ4n) is 1.31. The Morgan fingerprint density at radius 1 is 1.47 bits per heavy atom. The van der Waals surface area contributed by atoms with Crippen molar-refractivity contribution in [2.24, 2.45) is 5.84 Å². The second-order valence-electron chi connectivity index (χ2n) is 3.76. The van der Waals surface area contributed by atoms with E-state index in [4.69, 9.17) is 5.84 Å². The number of nitrogens with two attached hydrogens (primary N) is 1. The highest BCUT2D eigenvalue weighted by Gasteiger charge is 2.21. The zero-order chi connectivity index (χ0) is 14.5. The van der Waals surface area contributed by atoms with E-state index >= 15 is 0 Å². The predicted molar refractivity (Wildman–Crippen MR) is 70.5 cm³/mol. The maximum atomic E-state index is 12.0. The van der Waals surface area contributed by atoms with Crippen molar-refractivity contribution in [3.63, 3.8) is 0 Å². The smallest absolute Gasteiger partial charge is 0.242 e. The summed E-state index contributed by atoms with van der Waals surface area (Å²) in [7, 11) is -3.79. The molecule has 1 unspecified atom stereocenters. The molecule has 5 N–H and O–H groups in total. The Bertz CT molecular complexity index is 529. The minimum Gasteiger partial charge on any atom is -0.355 e. The zero-order valence-electron chi connectivity index (χ0n) is 10.7. The Morgan fingerprint density at radius 2 is 2.16 bits per heavy atom. The lowest BCUT2D eigenvalue weighted by Gasteiger charge is -2.13. The molecule has 0 saturated heterocycles. The highest BCUT2D eigenvalue weighted by Crippen LogP contribution is 2.10. The summed E-state index contributed by atoms with van der Waals surface area (Å²) in [5.41, 5.74) is 2.29. The van der Waals surface area contributed by atoms with Gasteiger partial charge in [-0.25, -0.2) is 19.2 Å². The van der Waals surface area contributed by atoms with E-state index in [0.29, 0.717) is 12.4 Å². The summed E-state index contributed by atoms with van der Waals surface area (Å²) in [6.45, 7) is 3.65. The molecule has 0 radical (unpaired) electrons. The van der Waals surface area contributed by atoms with Crippen LogP contribution in [-0.2, 0) is 14.8 Å². The minimum atomic E-state index is -3.79. The molecule has 1 aromatic rings. The number of anilines is 1.